The van der Waals surface area contributed by atoms with E-state index >= 15 is 0 Å². The first-order chi connectivity index (χ1) is 8.16. The number of hydrogen-bond acceptors (Lipinski definition) is 3. The van der Waals surface area contributed by atoms with Crippen LogP contribution in [0.5, 0.6) is 0 Å². The minimum atomic E-state index is -0.549. The van der Waals surface area contributed by atoms with Crippen LogP contribution in [0.3, 0.4) is 0 Å². The lowest BCUT2D eigenvalue weighted by Gasteiger charge is -2.07. The summed E-state index contributed by atoms with van der Waals surface area (Å²) in [5.41, 5.74) is 0.461. The zero-order chi connectivity index (χ0) is 12.3. The van der Waals surface area contributed by atoms with Gasteiger partial charge in [0.25, 0.3) is 0 Å². The molecule has 0 aliphatic carbocycles. The third-order valence-electron chi connectivity index (χ3n) is 2.27. The van der Waals surface area contributed by atoms with Crippen molar-refractivity contribution in [2.45, 2.75) is 13.5 Å². The topological polar surface area (TPSA) is 37.8 Å². The van der Waals surface area contributed by atoms with Gasteiger partial charge in [-0.05, 0) is 13.0 Å². The number of hydrogen-bond donors (Lipinski definition) is 1. The van der Waals surface area contributed by atoms with Crippen LogP contribution < -0.4 is 5.32 Å². The van der Waals surface area contributed by atoms with Gasteiger partial charge in [0.1, 0.15) is 11.6 Å². The van der Waals surface area contributed by atoms with Crippen LogP contribution in [0, 0.1) is 18.6 Å². The van der Waals surface area contributed by atoms with Gasteiger partial charge in [-0.3, -0.25) is 0 Å². The molecule has 1 aromatic carbocycles. The average Bonchev–Trinajstić information content (AvgIpc) is 2.32. The van der Waals surface area contributed by atoms with E-state index < -0.39 is 5.82 Å². The molecule has 1 aromatic heterocycles. The molecule has 0 atom stereocenters. The number of halogens is 2. The highest BCUT2D eigenvalue weighted by Gasteiger charge is 2.06. The molecule has 2 rings (SSSR count). The SMILES string of the molecule is Cc1ncc(F)c(NCc2ccccc2F)n1. The summed E-state index contributed by atoms with van der Waals surface area (Å²) in [5.74, 6) is -0.332. The first-order valence-electron chi connectivity index (χ1n) is 5.13. The van der Waals surface area contributed by atoms with Crippen molar-refractivity contribution in [2.75, 3.05) is 5.32 Å². The van der Waals surface area contributed by atoms with Gasteiger partial charge in [0.2, 0.25) is 0 Å². The Morgan fingerprint density at radius 2 is 1.94 bits per heavy atom. The highest BCUT2D eigenvalue weighted by atomic mass is 19.1. The van der Waals surface area contributed by atoms with E-state index in [1.807, 2.05) is 0 Å². The second kappa shape index (κ2) is 4.86. The number of rotatable bonds is 3. The fraction of sp³-hybridized carbons (Fsp3) is 0.167. The fourth-order valence-corrected chi connectivity index (χ4v) is 1.40. The van der Waals surface area contributed by atoms with Gasteiger partial charge in [-0.2, -0.15) is 0 Å². The first-order valence-corrected chi connectivity index (χ1v) is 5.13. The minimum Gasteiger partial charge on any atom is -0.363 e. The lowest BCUT2D eigenvalue weighted by molar-refractivity contribution is 0.605. The molecule has 0 amide bonds. The van der Waals surface area contributed by atoms with Crippen LogP contribution >= 0.6 is 0 Å². The van der Waals surface area contributed by atoms with Gasteiger partial charge in [0, 0.05) is 12.1 Å². The maximum Gasteiger partial charge on any atom is 0.183 e. The van der Waals surface area contributed by atoms with Crippen molar-refractivity contribution in [3.05, 3.63) is 53.5 Å². The van der Waals surface area contributed by atoms with Crippen LogP contribution in [0.1, 0.15) is 11.4 Å². The monoisotopic (exact) mass is 235 g/mol. The molecule has 0 radical (unpaired) electrons. The van der Waals surface area contributed by atoms with Gasteiger partial charge in [-0.15, -0.1) is 0 Å². The summed E-state index contributed by atoms with van der Waals surface area (Å²) in [6.07, 6.45) is 1.09. The quantitative estimate of drug-likeness (QED) is 0.888. The summed E-state index contributed by atoms with van der Waals surface area (Å²) in [4.78, 5) is 7.61. The zero-order valence-corrected chi connectivity index (χ0v) is 9.24. The van der Waals surface area contributed by atoms with Crippen molar-refractivity contribution in [2.24, 2.45) is 0 Å². The van der Waals surface area contributed by atoms with Crippen LogP contribution in [-0.4, -0.2) is 9.97 Å². The van der Waals surface area contributed by atoms with Crippen LogP contribution in [0.4, 0.5) is 14.6 Å². The maximum absolute atomic E-state index is 13.3. The largest absolute Gasteiger partial charge is 0.363 e. The van der Waals surface area contributed by atoms with E-state index in [0.717, 1.165) is 6.20 Å². The highest BCUT2D eigenvalue weighted by molar-refractivity contribution is 5.36. The van der Waals surface area contributed by atoms with Crippen molar-refractivity contribution in [3.8, 4) is 0 Å². The number of nitrogens with one attached hydrogen (secondary N) is 1. The summed E-state index contributed by atoms with van der Waals surface area (Å²) in [7, 11) is 0. The Balaban J connectivity index is 2.12. The Hall–Kier alpha value is -2.04. The zero-order valence-electron chi connectivity index (χ0n) is 9.24. The van der Waals surface area contributed by atoms with E-state index in [4.69, 9.17) is 0 Å². The third-order valence-corrected chi connectivity index (χ3v) is 2.27. The second-order valence-corrected chi connectivity index (χ2v) is 3.56. The number of aryl methyl sites for hydroxylation is 1. The molecule has 2 aromatic rings. The Labute approximate surface area is 97.5 Å². The van der Waals surface area contributed by atoms with Crippen LogP contribution in [-0.2, 0) is 6.54 Å². The molecule has 1 N–H and O–H groups in total. The number of benzene rings is 1. The van der Waals surface area contributed by atoms with Gasteiger partial charge in [0.15, 0.2) is 11.6 Å². The van der Waals surface area contributed by atoms with Crippen molar-refractivity contribution in [1.29, 1.82) is 0 Å². The van der Waals surface area contributed by atoms with E-state index in [9.17, 15) is 8.78 Å². The lowest BCUT2D eigenvalue weighted by atomic mass is 10.2. The summed E-state index contributed by atoms with van der Waals surface area (Å²) in [6.45, 7) is 1.84. The smallest absolute Gasteiger partial charge is 0.183 e. The molecule has 3 nitrogen and oxygen atoms in total. The summed E-state index contributed by atoms with van der Waals surface area (Å²) in [6, 6.07) is 6.32. The molecule has 5 heteroatoms. The molecule has 88 valence electrons. The molecule has 0 saturated heterocycles. The molecule has 0 fully saturated rings. The predicted octanol–water partition coefficient (Wildman–Crippen LogP) is 2.68. The van der Waals surface area contributed by atoms with Gasteiger partial charge in [-0.25, -0.2) is 18.7 Å². The highest BCUT2D eigenvalue weighted by Crippen LogP contribution is 2.12. The van der Waals surface area contributed by atoms with Gasteiger partial charge < -0.3 is 5.32 Å². The molecule has 0 bridgehead atoms. The van der Waals surface area contributed by atoms with Crippen molar-refractivity contribution < 1.29 is 8.78 Å². The summed E-state index contributed by atoms with van der Waals surface area (Å²) >= 11 is 0. The van der Waals surface area contributed by atoms with E-state index in [1.165, 1.54) is 6.07 Å². The number of nitrogens with zero attached hydrogens (tertiary/aromatic N) is 2. The molecular weight excluding hydrogens is 224 g/mol. The molecule has 0 aliphatic rings. The maximum atomic E-state index is 13.3. The second-order valence-electron chi connectivity index (χ2n) is 3.56. The van der Waals surface area contributed by atoms with Crippen LogP contribution in [0.15, 0.2) is 30.5 Å². The van der Waals surface area contributed by atoms with E-state index in [-0.39, 0.29) is 18.2 Å². The number of aromatic nitrogens is 2. The van der Waals surface area contributed by atoms with Gasteiger partial charge in [0.05, 0.1) is 6.20 Å². The molecule has 1 heterocycles. The Morgan fingerprint density at radius 3 is 2.71 bits per heavy atom. The van der Waals surface area contributed by atoms with E-state index in [2.05, 4.69) is 15.3 Å². The minimum absolute atomic E-state index is 0.0840. The predicted molar refractivity (Wildman–Crippen MR) is 60.5 cm³/mol. The van der Waals surface area contributed by atoms with Gasteiger partial charge in [-0.1, -0.05) is 18.2 Å². The molecular formula is C12H11F2N3. The van der Waals surface area contributed by atoms with Crippen LogP contribution in [0.25, 0.3) is 0 Å². The lowest BCUT2D eigenvalue weighted by Crippen LogP contribution is -2.06. The number of anilines is 1. The summed E-state index contributed by atoms with van der Waals surface area (Å²) < 4.78 is 26.6. The van der Waals surface area contributed by atoms with E-state index in [1.54, 1.807) is 25.1 Å². The van der Waals surface area contributed by atoms with Crippen molar-refractivity contribution in [3.63, 3.8) is 0 Å². The van der Waals surface area contributed by atoms with Crippen molar-refractivity contribution >= 4 is 5.82 Å². The molecule has 0 spiro atoms. The van der Waals surface area contributed by atoms with Gasteiger partial charge >= 0.3 is 0 Å². The molecule has 0 unspecified atom stereocenters. The molecule has 17 heavy (non-hydrogen) atoms. The van der Waals surface area contributed by atoms with Crippen LogP contribution in [0.2, 0.25) is 0 Å². The standard InChI is InChI=1S/C12H11F2N3/c1-8-15-7-11(14)12(17-8)16-6-9-4-2-3-5-10(9)13/h2-5,7H,6H2,1H3,(H,15,16,17). The summed E-state index contributed by atoms with van der Waals surface area (Å²) in [5, 5.41) is 2.74. The fourth-order valence-electron chi connectivity index (χ4n) is 1.40. The molecule has 0 aliphatic heterocycles. The first kappa shape index (κ1) is 11.4. The molecule has 0 saturated carbocycles. The Kier molecular flexibility index (Phi) is 3.27. The third kappa shape index (κ3) is 2.75. The Morgan fingerprint density at radius 1 is 1.18 bits per heavy atom. The average molecular weight is 235 g/mol. The van der Waals surface area contributed by atoms with E-state index in [0.29, 0.717) is 11.4 Å². The Bertz CT molecular complexity index is 529. The van der Waals surface area contributed by atoms with Crippen molar-refractivity contribution in [1.82, 2.24) is 9.97 Å². The normalized spacial score (nSPS) is 10.3.